The molecule has 0 aromatic carbocycles. The van der Waals surface area contributed by atoms with Crippen molar-refractivity contribution < 1.29 is 9.47 Å². The molecule has 8 nitrogen and oxygen atoms in total. The number of ether oxygens (including phenoxy) is 2. The van der Waals surface area contributed by atoms with Gasteiger partial charge in [-0.3, -0.25) is 0 Å². The summed E-state index contributed by atoms with van der Waals surface area (Å²) in [5, 5.41) is 6.97. The number of nitrogens with zero attached hydrogens (tertiary/aromatic N) is 6. The van der Waals surface area contributed by atoms with E-state index in [0.29, 0.717) is 19.7 Å². The lowest BCUT2D eigenvalue weighted by Crippen LogP contribution is -2.54. The third-order valence-corrected chi connectivity index (χ3v) is 3.21. The van der Waals surface area contributed by atoms with Crippen molar-refractivity contribution in [1.82, 2.24) is 0 Å². The lowest BCUT2D eigenvalue weighted by molar-refractivity contribution is -0.165. The molecule has 0 aromatic rings. The Kier molecular flexibility index (Phi) is 6.32. The van der Waals surface area contributed by atoms with E-state index in [4.69, 9.17) is 20.5 Å². The Balaban J connectivity index is 0.000000269. The van der Waals surface area contributed by atoms with Crippen LogP contribution in [0.2, 0.25) is 0 Å². The van der Waals surface area contributed by atoms with Crippen LogP contribution in [0.4, 0.5) is 0 Å². The van der Waals surface area contributed by atoms with Crippen molar-refractivity contribution in [3.8, 4) is 0 Å². The van der Waals surface area contributed by atoms with Gasteiger partial charge in [0.1, 0.15) is 0 Å². The van der Waals surface area contributed by atoms with Crippen molar-refractivity contribution in [3.05, 3.63) is 20.9 Å². The molecule has 0 amide bonds. The van der Waals surface area contributed by atoms with Crippen LogP contribution >= 0.6 is 0 Å². The number of rotatable bonds is 4. The first-order valence-corrected chi connectivity index (χ1v) is 5.96. The predicted octanol–water partition coefficient (Wildman–Crippen LogP) is 2.81. The zero-order valence-corrected chi connectivity index (χ0v) is 10.5. The second-order valence-corrected chi connectivity index (χ2v) is 4.41. The van der Waals surface area contributed by atoms with E-state index in [0.717, 1.165) is 13.2 Å². The number of azide groups is 2. The molecule has 100 valence electrons. The van der Waals surface area contributed by atoms with Gasteiger partial charge in [0.05, 0.1) is 12.7 Å². The molecule has 0 bridgehead atoms. The minimum atomic E-state index is -0.279. The molecule has 0 aromatic heterocycles. The zero-order chi connectivity index (χ0) is 13.3. The summed E-state index contributed by atoms with van der Waals surface area (Å²) < 4.78 is 10.1. The minimum absolute atomic E-state index is 0.0106. The SMILES string of the molecule is C1CCOC1.CC1OCC1(CN=[N+]=[N-])CN=[N+]=[N-]. The lowest BCUT2D eigenvalue weighted by Gasteiger charge is -2.46. The van der Waals surface area contributed by atoms with Gasteiger partial charge in [-0.05, 0) is 30.8 Å². The monoisotopic (exact) mass is 254 g/mol. The normalized spacial score (nSPS) is 29.1. The minimum Gasteiger partial charge on any atom is -0.381 e. The van der Waals surface area contributed by atoms with E-state index >= 15 is 0 Å². The molecule has 0 aliphatic carbocycles. The number of hydrogen-bond acceptors (Lipinski definition) is 4. The molecule has 8 heteroatoms. The van der Waals surface area contributed by atoms with E-state index < -0.39 is 0 Å². The van der Waals surface area contributed by atoms with Gasteiger partial charge in [-0.15, -0.1) is 0 Å². The van der Waals surface area contributed by atoms with E-state index in [1.54, 1.807) is 0 Å². The molecule has 2 aliphatic rings. The van der Waals surface area contributed by atoms with Gasteiger partial charge in [-0.25, -0.2) is 0 Å². The van der Waals surface area contributed by atoms with Gasteiger partial charge in [-0.1, -0.05) is 10.2 Å². The van der Waals surface area contributed by atoms with Crippen LogP contribution in [0.15, 0.2) is 10.2 Å². The van der Waals surface area contributed by atoms with E-state index in [-0.39, 0.29) is 11.5 Å². The highest BCUT2D eigenvalue weighted by atomic mass is 16.5. The van der Waals surface area contributed by atoms with Crippen LogP contribution in [-0.2, 0) is 9.47 Å². The maximum absolute atomic E-state index is 8.17. The Hall–Kier alpha value is -1.46. The molecule has 18 heavy (non-hydrogen) atoms. The maximum Gasteiger partial charge on any atom is 0.0628 e. The van der Waals surface area contributed by atoms with Crippen molar-refractivity contribution in [1.29, 1.82) is 0 Å². The second kappa shape index (κ2) is 7.79. The van der Waals surface area contributed by atoms with Crippen LogP contribution in [0, 0.1) is 5.41 Å². The summed E-state index contributed by atoms with van der Waals surface area (Å²) in [6.07, 6.45) is 2.54. The van der Waals surface area contributed by atoms with E-state index in [1.807, 2.05) is 6.92 Å². The summed E-state index contributed by atoms with van der Waals surface area (Å²) in [5.74, 6) is 0. The first-order chi connectivity index (χ1) is 8.75. The summed E-state index contributed by atoms with van der Waals surface area (Å²) >= 11 is 0. The fourth-order valence-electron chi connectivity index (χ4n) is 1.74. The Labute approximate surface area is 106 Å². The van der Waals surface area contributed by atoms with Gasteiger partial charge in [-0.2, -0.15) is 0 Å². The third-order valence-electron chi connectivity index (χ3n) is 3.21. The van der Waals surface area contributed by atoms with Crippen LogP contribution in [0.25, 0.3) is 20.9 Å². The Morgan fingerprint density at radius 2 is 1.72 bits per heavy atom. The zero-order valence-electron chi connectivity index (χ0n) is 10.5. The highest BCUT2D eigenvalue weighted by Gasteiger charge is 2.44. The average molecular weight is 254 g/mol. The fourth-order valence-corrected chi connectivity index (χ4v) is 1.74. The molecule has 1 unspecified atom stereocenters. The van der Waals surface area contributed by atoms with Crippen molar-refractivity contribution in [3.63, 3.8) is 0 Å². The van der Waals surface area contributed by atoms with Crippen molar-refractivity contribution in [2.24, 2.45) is 15.6 Å². The predicted molar refractivity (Wildman–Crippen MR) is 65.9 cm³/mol. The highest BCUT2D eigenvalue weighted by molar-refractivity contribution is 4.96. The topological polar surface area (TPSA) is 116 Å². The summed E-state index contributed by atoms with van der Waals surface area (Å²) in [5.41, 5.74) is 16.1. The standard InChI is InChI=1S/C6H10N6O.C4H8O/c1-5-6(4-13-5,2-9-11-7)3-10-12-8;1-2-4-5-3-1/h5H,2-4H2,1H3;1-4H2. The molecule has 2 aliphatic heterocycles. The third kappa shape index (κ3) is 4.09. The van der Waals surface area contributed by atoms with Crippen LogP contribution in [0.5, 0.6) is 0 Å². The molecular formula is C10H18N6O2. The summed E-state index contributed by atoms with van der Waals surface area (Å²) in [7, 11) is 0. The van der Waals surface area contributed by atoms with Gasteiger partial charge >= 0.3 is 0 Å². The Morgan fingerprint density at radius 3 is 1.94 bits per heavy atom. The largest absolute Gasteiger partial charge is 0.381 e. The molecule has 2 rings (SSSR count). The molecular weight excluding hydrogens is 236 g/mol. The molecule has 1 atom stereocenters. The second-order valence-electron chi connectivity index (χ2n) is 4.41. The van der Waals surface area contributed by atoms with Gasteiger partial charge in [0.25, 0.3) is 0 Å². The average Bonchev–Trinajstić information content (AvgIpc) is 2.96. The van der Waals surface area contributed by atoms with Crippen molar-refractivity contribution >= 4 is 0 Å². The van der Waals surface area contributed by atoms with Gasteiger partial charge in [0, 0.05) is 41.5 Å². The van der Waals surface area contributed by atoms with Crippen molar-refractivity contribution in [2.75, 3.05) is 32.9 Å². The van der Waals surface area contributed by atoms with Gasteiger partial charge < -0.3 is 9.47 Å². The first kappa shape index (κ1) is 14.6. The molecule has 2 fully saturated rings. The maximum atomic E-state index is 8.17. The fraction of sp³-hybridized carbons (Fsp3) is 1.00. The van der Waals surface area contributed by atoms with Crippen LogP contribution < -0.4 is 0 Å². The smallest absolute Gasteiger partial charge is 0.0628 e. The molecule has 0 spiro atoms. The highest BCUT2D eigenvalue weighted by Crippen LogP contribution is 2.35. The van der Waals surface area contributed by atoms with Crippen LogP contribution in [0.1, 0.15) is 19.8 Å². The van der Waals surface area contributed by atoms with Crippen LogP contribution in [-0.4, -0.2) is 39.0 Å². The Bertz CT molecular complexity index is 317. The number of hydrogen-bond donors (Lipinski definition) is 0. The quantitative estimate of drug-likeness (QED) is 0.435. The van der Waals surface area contributed by atoms with Gasteiger partial charge in [0.15, 0.2) is 0 Å². The van der Waals surface area contributed by atoms with Gasteiger partial charge in [0.2, 0.25) is 0 Å². The summed E-state index contributed by atoms with van der Waals surface area (Å²) in [4.78, 5) is 5.36. The van der Waals surface area contributed by atoms with E-state index in [2.05, 4.69) is 20.1 Å². The molecule has 0 N–H and O–H groups in total. The Morgan fingerprint density at radius 1 is 1.17 bits per heavy atom. The summed E-state index contributed by atoms with van der Waals surface area (Å²) in [6, 6.07) is 0. The first-order valence-electron chi connectivity index (χ1n) is 5.96. The van der Waals surface area contributed by atoms with Crippen LogP contribution in [0.3, 0.4) is 0 Å². The molecule has 2 heterocycles. The lowest BCUT2D eigenvalue weighted by atomic mass is 9.79. The molecule has 0 saturated carbocycles. The molecule has 0 radical (unpaired) electrons. The molecule has 2 saturated heterocycles. The van der Waals surface area contributed by atoms with E-state index in [1.165, 1.54) is 12.8 Å². The summed E-state index contributed by atoms with van der Waals surface area (Å²) in [6.45, 7) is 5.02. The van der Waals surface area contributed by atoms with Crippen molar-refractivity contribution in [2.45, 2.75) is 25.9 Å². The van der Waals surface area contributed by atoms with E-state index in [9.17, 15) is 0 Å².